The summed E-state index contributed by atoms with van der Waals surface area (Å²) < 4.78 is 13.3. The maximum atomic E-state index is 13.3. The Morgan fingerprint density at radius 3 is 2.35 bits per heavy atom. The Bertz CT molecular complexity index is 603. The number of hydrogen-bond donors (Lipinski definition) is 2. The number of aryl methyl sites for hydroxylation is 2. The molecule has 0 spiro atoms. The van der Waals surface area contributed by atoms with Crippen LogP contribution in [-0.2, 0) is 4.79 Å². The third kappa shape index (κ3) is 3.42. The molecule has 0 fully saturated rings. The van der Waals surface area contributed by atoms with Crippen molar-refractivity contribution in [2.24, 2.45) is 5.73 Å². The van der Waals surface area contributed by atoms with Crippen LogP contribution in [0, 0.1) is 19.7 Å². The van der Waals surface area contributed by atoms with Crippen molar-refractivity contribution in [2.45, 2.75) is 19.9 Å². The smallest absolute Gasteiger partial charge is 0.245 e. The zero-order valence-electron chi connectivity index (χ0n) is 11.5. The number of benzene rings is 2. The molecule has 0 aliphatic heterocycles. The van der Waals surface area contributed by atoms with Gasteiger partial charge in [0.05, 0.1) is 0 Å². The lowest BCUT2D eigenvalue weighted by molar-refractivity contribution is -0.117. The Kier molecular flexibility index (Phi) is 4.15. The van der Waals surface area contributed by atoms with Crippen molar-refractivity contribution in [3.8, 4) is 0 Å². The van der Waals surface area contributed by atoms with Gasteiger partial charge in [-0.05, 0) is 43.2 Å². The first kappa shape index (κ1) is 14.2. The van der Waals surface area contributed by atoms with E-state index >= 15 is 0 Å². The fourth-order valence-corrected chi connectivity index (χ4v) is 1.95. The molecule has 20 heavy (non-hydrogen) atoms. The number of hydrogen-bond acceptors (Lipinski definition) is 2. The number of carbonyl (C=O) groups is 1. The molecule has 0 radical (unpaired) electrons. The highest BCUT2D eigenvalue weighted by Gasteiger charge is 2.16. The highest BCUT2D eigenvalue weighted by Crippen LogP contribution is 2.17. The molecular formula is C16H17FN2O. The molecule has 2 aromatic rings. The van der Waals surface area contributed by atoms with E-state index in [0.29, 0.717) is 5.69 Å². The summed E-state index contributed by atoms with van der Waals surface area (Å²) in [5, 5.41) is 2.63. The lowest BCUT2D eigenvalue weighted by Crippen LogP contribution is -2.27. The third-order valence-electron chi connectivity index (χ3n) is 3.03. The van der Waals surface area contributed by atoms with E-state index in [2.05, 4.69) is 5.32 Å². The summed E-state index contributed by atoms with van der Waals surface area (Å²) in [6.07, 6.45) is 0. The van der Waals surface area contributed by atoms with Gasteiger partial charge in [-0.25, -0.2) is 4.39 Å². The minimum Gasteiger partial charge on any atom is -0.324 e. The molecule has 3 N–H and O–H groups in total. The maximum Gasteiger partial charge on any atom is 0.245 e. The number of nitrogens with two attached hydrogens (primary N) is 1. The first-order valence-electron chi connectivity index (χ1n) is 6.36. The summed E-state index contributed by atoms with van der Waals surface area (Å²) in [5.74, 6) is -0.747. The van der Waals surface area contributed by atoms with Crippen LogP contribution in [0.3, 0.4) is 0 Å². The van der Waals surface area contributed by atoms with Gasteiger partial charge in [-0.2, -0.15) is 0 Å². The number of carbonyl (C=O) groups excluding carboxylic acids is 1. The third-order valence-corrected chi connectivity index (χ3v) is 3.03. The summed E-state index contributed by atoms with van der Waals surface area (Å²) in [6, 6.07) is 11.0. The zero-order chi connectivity index (χ0) is 14.7. The van der Waals surface area contributed by atoms with Gasteiger partial charge >= 0.3 is 0 Å². The van der Waals surface area contributed by atoms with Crippen molar-refractivity contribution >= 4 is 11.6 Å². The molecular weight excluding hydrogens is 255 g/mol. The Morgan fingerprint density at radius 2 is 1.75 bits per heavy atom. The molecule has 2 rings (SSSR count). The monoisotopic (exact) mass is 272 g/mol. The number of anilines is 1. The Hall–Kier alpha value is -2.20. The SMILES string of the molecule is Cc1ccc(C(N)C(=O)Nc2cc(C)cc(F)c2)cc1. The largest absolute Gasteiger partial charge is 0.324 e. The van der Waals surface area contributed by atoms with Gasteiger partial charge in [0.1, 0.15) is 11.9 Å². The van der Waals surface area contributed by atoms with Crippen LogP contribution in [0.4, 0.5) is 10.1 Å². The van der Waals surface area contributed by atoms with E-state index in [1.807, 2.05) is 31.2 Å². The van der Waals surface area contributed by atoms with Crippen molar-refractivity contribution in [3.63, 3.8) is 0 Å². The molecule has 3 nitrogen and oxygen atoms in total. The summed E-state index contributed by atoms with van der Waals surface area (Å²) >= 11 is 0. The molecule has 0 aliphatic rings. The highest BCUT2D eigenvalue weighted by atomic mass is 19.1. The van der Waals surface area contributed by atoms with Gasteiger partial charge in [0.25, 0.3) is 0 Å². The normalized spacial score (nSPS) is 12.0. The minimum atomic E-state index is -0.779. The second kappa shape index (κ2) is 5.84. The van der Waals surface area contributed by atoms with Crippen molar-refractivity contribution in [1.29, 1.82) is 0 Å². The van der Waals surface area contributed by atoms with Gasteiger partial charge in [-0.1, -0.05) is 29.8 Å². The average Bonchev–Trinajstić information content (AvgIpc) is 2.37. The Balaban J connectivity index is 2.13. The van der Waals surface area contributed by atoms with Crippen molar-refractivity contribution in [1.82, 2.24) is 0 Å². The molecule has 1 unspecified atom stereocenters. The highest BCUT2D eigenvalue weighted by molar-refractivity contribution is 5.95. The summed E-state index contributed by atoms with van der Waals surface area (Å²) in [7, 11) is 0. The predicted octanol–water partition coefficient (Wildman–Crippen LogP) is 3.08. The number of amides is 1. The first-order chi connectivity index (χ1) is 9.45. The van der Waals surface area contributed by atoms with Crippen LogP contribution >= 0.6 is 0 Å². The van der Waals surface area contributed by atoms with Crippen LogP contribution in [0.1, 0.15) is 22.7 Å². The van der Waals surface area contributed by atoms with Crippen LogP contribution < -0.4 is 11.1 Å². The molecule has 0 aliphatic carbocycles. The summed E-state index contributed by atoms with van der Waals surface area (Å²) in [5.41, 5.74) is 8.88. The average molecular weight is 272 g/mol. The van der Waals surface area contributed by atoms with E-state index in [4.69, 9.17) is 5.73 Å². The predicted molar refractivity (Wildman–Crippen MR) is 77.9 cm³/mol. The molecule has 4 heteroatoms. The van der Waals surface area contributed by atoms with Crippen LogP contribution in [0.2, 0.25) is 0 Å². The van der Waals surface area contributed by atoms with E-state index in [0.717, 1.165) is 16.7 Å². The molecule has 0 heterocycles. The minimum absolute atomic E-state index is 0.362. The molecule has 0 saturated carbocycles. The number of halogens is 1. The summed E-state index contributed by atoms with van der Waals surface area (Å²) in [4.78, 5) is 12.1. The second-order valence-electron chi connectivity index (χ2n) is 4.89. The van der Waals surface area contributed by atoms with Gasteiger partial charge < -0.3 is 11.1 Å². The molecule has 1 amide bonds. The Labute approximate surface area is 117 Å². The van der Waals surface area contributed by atoms with Crippen LogP contribution in [0.5, 0.6) is 0 Å². The number of nitrogens with one attached hydrogen (secondary N) is 1. The summed E-state index contributed by atoms with van der Waals surface area (Å²) in [6.45, 7) is 3.73. The molecule has 2 aromatic carbocycles. The van der Waals surface area contributed by atoms with Crippen LogP contribution in [-0.4, -0.2) is 5.91 Å². The second-order valence-corrected chi connectivity index (χ2v) is 4.89. The van der Waals surface area contributed by atoms with Crippen molar-refractivity contribution < 1.29 is 9.18 Å². The van der Waals surface area contributed by atoms with Gasteiger partial charge in [0.2, 0.25) is 5.91 Å². The van der Waals surface area contributed by atoms with Crippen molar-refractivity contribution in [2.75, 3.05) is 5.32 Å². The van der Waals surface area contributed by atoms with E-state index in [1.165, 1.54) is 12.1 Å². The van der Waals surface area contributed by atoms with Crippen molar-refractivity contribution in [3.05, 3.63) is 65.0 Å². The fraction of sp³-hybridized carbons (Fsp3) is 0.188. The lowest BCUT2D eigenvalue weighted by atomic mass is 10.1. The molecule has 0 saturated heterocycles. The fourth-order valence-electron chi connectivity index (χ4n) is 1.95. The van der Waals surface area contributed by atoms with E-state index in [1.54, 1.807) is 13.0 Å². The number of rotatable bonds is 3. The molecule has 104 valence electrons. The van der Waals surface area contributed by atoms with E-state index in [9.17, 15) is 9.18 Å². The van der Waals surface area contributed by atoms with E-state index < -0.39 is 6.04 Å². The van der Waals surface area contributed by atoms with Gasteiger partial charge in [-0.3, -0.25) is 4.79 Å². The zero-order valence-corrected chi connectivity index (χ0v) is 11.5. The van der Waals surface area contributed by atoms with Gasteiger partial charge in [-0.15, -0.1) is 0 Å². The molecule has 0 aromatic heterocycles. The lowest BCUT2D eigenvalue weighted by Gasteiger charge is -2.13. The van der Waals surface area contributed by atoms with Gasteiger partial charge in [0, 0.05) is 5.69 Å². The Morgan fingerprint density at radius 1 is 1.10 bits per heavy atom. The molecule has 1 atom stereocenters. The molecule has 0 bridgehead atoms. The van der Waals surface area contributed by atoms with E-state index in [-0.39, 0.29) is 11.7 Å². The standard InChI is InChI=1S/C16H17FN2O/c1-10-3-5-12(6-4-10)15(18)16(20)19-14-8-11(2)7-13(17)9-14/h3-9,15H,18H2,1-2H3,(H,19,20). The topological polar surface area (TPSA) is 55.1 Å². The first-order valence-corrected chi connectivity index (χ1v) is 6.36. The van der Waals surface area contributed by atoms with Gasteiger partial charge in [0.15, 0.2) is 0 Å². The van der Waals surface area contributed by atoms with Crippen LogP contribution in [0.25, 0.3) is 0 Å². The maximum absolute atomic E-state index is 13.3. The quantitative estimate of drug-likeness (QED) is 0.902. The van der Waals surface area contributed by atoms with Crippen LogP contribution in [0.15, 0.2) is 42.5 Å².